The zero-order valence-corrected chi connectivity index (χ0v) is 11.7. The van der Waals surface area contributed by atoms with Gasteiger partial charge in [0.25, 0.3) is 0 Å². The van der Waals surface area contributed by atoms with Gasteiger partial charge in [-0.25, -0.2) is 4.79 Å². The van der Waals surface area contributed by atoms with E-state index >= 15 is 0 Å². The standard InChI is InChI=1S/C15H18N2O3/c1-3-17(9-12-4-6-16-7-5-12)10-13-8-14(15(18)19)11(2)20-13/h4-8H,3,9-10H2,1-2H3,(H,18,19). The lowest BCUT2D eigenvalue weighted by Gasteiger charge is -2.18. The molecule has 20 heavy (non-hydrogen) atoms. The third kappa shape index (κ3) is 3.45. The second-order valence-corrected chi connectivity index (χ2v) is 4.65. The molecular formula is C15H18N2O3. The fourth-order valence-electron chi connectivity index (χ4n) is 2.08. The summed E-state index contributed by atoms with van der Waals surface area (Å²) in [5.74, 6) is 0.179. The Balaban J connectivity index is 2.06. The molecule has 0 aliphatic heterocycles. The molecule has 0 aliphatic rings. The Morgan fingerprint density at radius 1 is 1.35 bits per heavy atom. The van der Waals surface area contributed by atoms with Crippen molar-refractivity contribution in [2.45, 2.75) is 26.9 Å². The number of aromatic carboxylic acids is 1. The van der Waals surface area contributed by atoms with Crippen LogP contribution < -0.4 is 0 Å². The number of aryl methyl sites for hydroxylation is 1. The van der Waals surface area contributed by atoms with Crippen LogP contribution in [0.5, 0.6) is 0 Å². The van der Waals surface area contributed by atoms with Crippen molar-refractivity contribution in [1.29, 1.82) is 0 Å². The minimum atomic E-state index is -0.949. The minimum Gasteiger partial charge on any atom is -0.478 e. The van der Waals surface area contributed by atoms with Crippen LogP contribution in [0.25, 0.3) is 0 Å². The largest absolute Gasteiger partial charge is 0.478 e. The lowest BCUT2D eigenvalue weighted by molar-refractivity contribution is 0.0695. The van der Waals surface area contributed by atoms with Crippen LogP contribution in [-0.4, -0.2) is 27.5 Å². The fourth-order valence-corrected chi connectivity index (χ4v) is 2.08. The summed E-state index contributed by atoms with van der Waals surface area (Å²) in [7, 11) is 0. The third-order valence-corrected chi connectivity index (χ3v) is 3.18. The Morgan fingerprint density at radius 3 is 2.60 bits per heavy atom. The molecule has 2 rings (SSSR count). The highest BCUT2D eigenvalue weighted by Crippen LogP contribution is 2.17. The summed E-state index contributed by atoms with van der Waals surface area (Å²) in [4.78, 5) is 17.2. The quantitative estimate of drug-likeness (QED) is 0.877. The van der Waals surface area contributed by atoms with Gasteiger partial charge < -0.3 is 9.52 Å². The van der Waals surface area contributed by atoms with Gasteiger partial charge in [-0.3, -0.25) is 9.88 Å². The molecule has 0 amide bonds. The van der Waals surface area contributed by atoms with Gasteiger partial charge in [0.15, 0.2) is 0 Å². The number of carboxylic acids is 1. The normalized spacial score (nSPS) is 10.9. The first kappa shape index (κ1) is 14.3. The van der Waals surface area contributed by atoms with E-state index in [9.17, 15) is 4.79 Å². The summed E-state index contributed by atoms with van der Waals surface area (Å²) in [6.45, 7) is 5.96. The van der Waals surface area contributed by atoms with E-state index in [2.05, 4.69) is 16.8 Å². The van der Waals surface area contributed by atoms with Crippen LogP contribution in [0.1, 0.15) is 34.4 Å². The molecule has 0 unspecified atom stereocenters. The van der Waals surface area contributed by atoms with E-state index in [1.165, 1.54) is 5.56 Å². The molecule has 2 heterocycles. The molecule has 0 saturated carbocycles. The van der Waals surface area contributed by atoms with Gasteiger partial charge in [0.1, 0.15) is 17.1 Å². The number of hydrogen-bond donors (Lipinski definition) is 1. The Kier molecular flexibility index (Phi) is 4.53. The van der Waals surface area contributed by atoms with Crippen molar-refractivity contribution in [3.8, 4) is 0 Å². The molecule has 0 radical (unpaired) electrons. The predicted molar refractivity (Wildman–Crippen MR) is 74.4 cm³/mol. The van der Waals surface area contributed by atoms with Crippen LogP contribution in [0.2, 0.25) is 0 Å². The van der Waals surface area contributed by atoms with Crippen molar-refractivity contribution >= 4 is 5.97 Å². The summed E-state index contributed by atoms with van der Waals surface area (Å²) >= 11 is 0. The van der Waals surface area contributed by atoms with Gasteiger partial charge in [-0.15, -0.1) is 0 Å². The van der Waals surface area contributed by atoms with Crippen molar-refractivity contribution in [2.75, 3.05) is 6.54 Å². The molecule has 0 bridgehead atoms. The molecule has 5 nitrogen and oxygen atoms in total. The smallest absolute Gasteiger partial charge is 0.339 e. The number of furan rings is 1. The van der Waals surface area contributed by atoms with E-state index in [4.69, 9.17) is 9.52 Å². The lowest BCUT2D eigenvalue weighted by Crippen LogP contribution is -2.22. The number of rotatable bonds is 6. The first-order valence-electron chi connectivity index (χ1n) is 6.54. The van der Waals surface area contributed by atoms with E-state index in [1.807, 2.05) is 12.1 Å². The van der Waals surface area contributed by atoms with Gasteiger partial charge >= 0.3 is 5.97 Å². The number of nitrogens with zero attached hydrogens (tertiary/aromatic N) is 2. The summed E-state index contributed by atoms with van der Waals surface area (Å²) in [6.07, 6.45) is 3.53. The molecule has 2 aromatic heterocycles. The van der Waals surface area contributed by atoms with E-state index < -0.39 is 5.97 Å². The molecule has 2 aromatic rings. The number of carbonyl (C=O) groups is 1. The molecule has 5 heteroatoms. The average Bonchev–Trinajstić information content (AvgIpc) is 2.80. The number of hydrogen-bond acceptors (Lipinski definition) is 4. The maximum Gasteiger partial charge on any atom is 0.339 e. The Labute approximate surface area is 117 Å². The van der Waals surface area contributed by atoms with Crippen molar-refractivity contribution in [1.82, 2.24) is 9.88 Å². The zero-order valence-electron chi connectivity index (χ0n) is 11.7. The second-order valence-electron chi connectivity index (χ2n) is 4.65. The van der Waals surface area contributed by atoms with Crippen molar-refractivity contribution in [2.24, 2.45) is 0 Å². The summed E-state index contributed by atoms with van der Waals surface area (Å²) in [5, 5.41) is 9.02. The van der Waals surface area contributed by atoms with Crippen LogP contribution in [0.15, 0.2) is 35.0 Å². The number of carboxylic acid groups (broad SMARTS) is 1. The molecule has 0 atom stereocenters. The third-order valence-electron chi connectivity index (χ3n) is 3.18. The summed E-state index contributed by atoms with van der Waals surface area (Å²) < 4.78 is 5.51. The molecule has 0 aromatic carbocycles. The Hall–Kier alpha value is -2.14. The zero-order chi connectivity index (χ0) is 14.5. The maximum atomic E-state index is 11.0. The van der Waals surface area contributed by atoms with Crippen LogP contribution in [0.4, 0.5) is 0 Å². The van der Waals surface area contributed by atoms with Gasteiger partial charge in [-0.2, -0.15) is 0 Å². The predicted octanol–water partition coefficient (Wildman–Crippen LogP) is 2.70. The molecule has 0 spiro atoms. The Morgan fingerprint density at radius 2 is 2.05 bits per heavy atom. The average molecular weight is 274 g/mol. The molecule has 0 aliphatic carbocycles. The molecule has 1 N–H and O–H groups in total. The topological polar surface area (TPSA) is 66.6 Å². The van der Waals surface area contributed by atoms with Crippen LogP contribution in [0, 0.1) is 6.92 Å². The van der Waals surface area contributed by atoms with E-state index in [1.54, 1.807) is 25.4 Å². The van der Waals surface area contributed by atoms with Crippen molar-refractivity contribution in [3.05, 3.63) is 53.2 Å². The van der Waals surface area contributed by atoms with Gasteiger partial charge in [-0.1, -0.05) is 6.92 Å². The SMILES string of the molecule is CCN(Cc1ccncc1)Cc1cc(C(=O)O)c(C)o1. The maximum absolute atomic E-state index is 11.0. The second kappa shape index (κ2) is 6.34. The first-order valence-corrected chi connectivity index (χ1v) is 6.54. The van der Waals surface area contributed by atoms with Crippen LogP contribution >= 0.6 is 0 Å². The highest BCUT2D eigenvalue weighted by molar-refractivity contribution is 5.88. The first-order chi connectivity index (χ1) is 9.60. The van der Waals surface area contributed by atoms with E-state index in [0.29, 0.717) is 18.1 Å². The van der Waals surface area contributed by atoms with Crippen molar-refractivity contribution in [3.63, 3.8) is 0 Å². The Bertz CT molecular complexity index is 578. The highest BCUT2D eigenvalue weighted by Gasteiger charge is 2.15. The van der Waals surface area contributed by atoms with Gasteiger partial charge in [0.2, 0.25) is 0 Å². The van der Waals surface area contributed by atoms with Gasteiger partial charge in [-0.05, 0) is 37.2 Å². The van der Waals surface area contributed by atoms with Crippen LogP contribution in [0.3, 0.4) is 0 Å². The van der Waals surface area contributed by atoms with Crippen LogP contribution in [-0.2, 0) is 13.1 Å². The number of pyridine rings is 1. The molecule has 106 valence electrons. The lowest BCUT2D eigenvalue weighted by atomic mass is 10.2. The molecule has 0 saturated heterocycles. The fraction of sp³-hybridized carbons (Fsp3) is 0.333. The van der Waals surface area contributed by atoms with Gasteiger partial charge in [0, 0.05) is 18.9 Å². The molecular weight excluding hydrogens is 256 g/mol. The van der Waals surface area contributed by atoms with Crippen molar-refractivity contribution < 1.29 is 14.3 Å². The minimum absolute atomic E-state index is 0.236. The molecule has 0 fully saturated rings. The number of aromatic nitrogens is 1. The monoisotopic (exact) mass is 274 g/mol. The summed E-state index contributed by atoms with van der Waals surface area (Å²) in [5.41, 5.74) is 1.41. The van der Waals surface area contributed by atoms with E-state index in [-0.39, 0.29) is 5.56 Å². The van der Waals surface area contributed by atoms with Gasteiger partial charge in [0.05, 0.1) is 6.54 Å². The van der Waals surface area contributed by atoms with E-state index in [0.717, 1.165) is 13.1 Å². The summed E-state index contributed by atoms with van der Waals surface area (Å²) in [6, 6.07) is 5.55. The highest BCUT2D eigenvalue weighted by atomic mass is 16.4.